The van der Waals surface area contributed by atoms with Gasteiger partial charge in [0.2, 0.25) is 0 Å². The van der Waals surface area contributed by atoms with Crippen molar-refractivity contribution < 1.29 is 8.78 Å². The molecule has 0 saturated heterocycles. The van der Waals surface area contributed by atoms with Crippen molar-refractivity contribution in [2.45, 2.75) is 0 Å². The first-order valence-electron chi connectivity index (χ1n) is 5.31. The summed E-state index contributed by atoms with van der Waals surface area (Å²) in [6.07, 6.45) is 0. The van der Waals surface area contributed by atoms with Gasteiger partial charge in [-0.25, -0.2) is 13.6 Å². The molecule has 5 heteroatoms. The van der Waals surface area contributed by atoms with Crippen molar-refractivity contribution in [3.05, 3.63) is 64.6 Å². The highest BCUT2D eigenvalue weighted by Gasteiger charge is 2.09. The molecule has 1 heterocycles. The summed E-state index contributed by atoms with van der Waals surface area (Å²) in [6, 6.07) is 9.55. The van der Waals surface area contributed by atoms with Crippen LogP contribution in [-0.4, -0.2) is 9.55 Å². The van der Waals surface area contributed by atoms with Crippen LogP contribution in [0, 0.1) is 11.6 Å². The molecular formula is C13H8F2N2O. The molecule has 3 aromatic rings. The van der Waals surface area contributed by atoms with E-state index in [9.17, 15) is 13.6 Å². The van der Waals surface area contributed by atoms with E-state index < -0.39 is 5.82 Å². The molecule has 0 aliphatic rings. The van der Waals surface area contributed by atoms with Gasteiger partial charge in [0, 0.05) is 0 Å². The minimum atomic E-state index is -0.421. The summed E-state index contributed by atoms with van der Waals surface area (Å²) < 4.78 is 27.3. The number of aromatic amines is 1. The van der Waals surface area contributed by atoms with E-state index in [2.05, 4.69) is 4.98 Å². The number of halogens is 2. The zero-order chi connectivity index (χ0) is 12.7. The van der Waals surface area contributed by atoms with Gasteiger partial charge in [0.05, 0.1) is 16.7 Å². The van der Waals surface area contributed by atoms with Crippen molar-refractivity contribution in [2.24, 2.45) is 0 Å². The number of nitrogens with one attached hydrogen (secondary N) is 1. The number of benzene rings is 2. The first-order chi connectivity index (χ1) is 8.65. The predicted molar refractivity (Wildman–Crippen MR) is 63.8 cm³/mol. The molecule has 0 unspecified atom stereocenters. The fourth-order valence-electron chi connectivity index (χ4n) is 1.93. The number of nitrogens with zero attached hydrogens (tertiary/aromatic N) is 1. The van der Waals surface area contributed by atoms with E-state index in [1.807, 2.05) is 0 Å². The molecule has 90 valence electrons. The molecule has 3 rings (SSSR count). The fraction of sp³-hybridized carbons (Fsp3) is 0. The molecule has 0 atom stereocenters. The molecule has 0 aliphatic heterocycles. The van der Waals surface area contributed by atoms with Crippen molar-refractivity contribution in [3.8, 4) is 5.69 Å². The van der Waals surface area contributed by atoms with Crippen LogP contribution in [0.2, 0.25) is 0 Å². The fourth-order valence-corrected chi connectivity index (χ4v) is 1.93. The number of rotatable bonds is 1. The number of aromatic nitrogens is 2. The van der Waals surface area contributed by atoms with Crippen LogP contribution in [0.15, 0.2) is 47.3 Å². The Labute approximate surface area is 100 Å². The van der Waals surface area contributed by atoms with Crippen LogP contribution < -0.4 is 5.69 Å². The van der Waals surface area contributed by atoms with Gasteiger partial charge in [0.25, 0.3) is 0 Å². The van der Waals surface area contributed by atoms with Gasteiger partial charge in [-0.05, 0) is 42.5 Å². The van der Waals surface area contributed by atoms with E-state index in [0.29, 0.717) is 16.7 Å². The van der Waals surface area contributed by atoms with Gasteiger partial charge in [0.15, 0.2) is 0 Å². The third-order valence-corrected chi connectivity index (χ3v) is 2.73. The van der Waals surface area contributed by atoms with Crippen molar-refractivity contribution in [1.82, 2.24) is 9.55 Å². The molecule has 0 spiro atoms. The molecule has 1 aromatic heterocycles. The third-order valence-electron chi connectivity index (χ3n) is 2.73. The second kappa shape index (κ2) is 3.80. The first-order valence-corrected chi connectivity index (χ1v) is 5.31. The molecule has 2 aromatic carbocycles. The zero-order valence-corrected chi connectivity index (χ0v) is 9.15. The van der Waals surface area contributed by atoms with Gasteiger partial charge in [-0.3, -0.25) is 4.57 Å². The number of fused-ring (bicyclic) bond motifs is 1. The summed E-state index contributed by atoms with van der Waals surface area (Å²) in [6.45, 7) is 0. The smallest absolute Gasteiger partial charge is 0.305 e. The van der Waals surface area contributed by atoms with Crippen LogP contribution in [-0.2, 0) is 0 Å². The Kier molecular flexibility index (Phi) is 2.26. The van der Waals surface area contributed by atoms with Gasteiger partial charge in [0.1, 0.15) is 11.6 Å². The Morgan fingerprint density at radius 2 is 1.61 bits per heavy atom. The molecule has 0 saturated carbocycles. The van der Waals surface area contributed by atoms with Gasteiger partial charge in [-0.15, -0.1) is 0 Å². The van der Waals surface area contributed by atoms with Crippen LogP contribution in [0.5, 0.6) is 0 Å². The third kappa shape index (κ3) is 1.60. The van der Waals surface area contributed by atoms with Gasteiger partial charge in [-0.1, -0.05) is 0 Å². The van der Waals surface area contributed by atoms with Gasteiger partial charge >= 0.3 is 5.69 Å². The maximum absolute atomic E-state index is 13.1. The average molecular weight is 246 g/mol. The summed E-state index contributed by atoms with van der Waals surface area (Å²) in [5.74, 6) is -0.798. The maximum atomic E-state index is 13.1. The second-order valence-corrected chi connectivity index (χ2v) is 3.90. The van der Waals surface area contributed by atoms with Crippen LogP contribution >= 0.6 is 0 Å². The maximum Gasteiger partial charge on any atom is 0.331 e. The van der Waals surface area contributed by atoms with E-state index in [1.165, 1.54) is 47.0 Å². The highest BCUT2D eigenvalue weighted by molar-refractivity contribution is 5.77. The number of H-pyrrole nitrogens is 1. The van der Waals surface area contributed by atoms with E-state index in [4.69, 9.17) is 0 Å². The average Bonchev–Trinajstić information content (AvgIpc) is 2.65. The van der Waals surface area contributed by atoms with E-state index in [1.54, 1.807) is 0 Å². The Morgan fingerprint density at radius 1 is 0.944 bits per heavy atom. The van der Waals surface area contributed by atoms with Crippen LogP contribution in [0.4, 0.5) is 8.78 Å². The van der Waals surface area contributed by atoms with E-state index in [0.717, 1.165) is 0 Å². The number of imidazole rings is 1. The topological polar surface area (TPSA) is 37.8 Å². The molecule has 0 bridgehead atoms. The lowest BCUT2D eigenvalue weighted by Crippen LogP contribution is -2.14. The quantitative estimate of drug-likeness (QED) is 0.704. The SMILES string of the molecule is O=c1[nH]c2cc(F)ccc2n1-c1ccc(F)cc1. The van der Waals surface area contributed by atoms with Crippen LogP contribution in [0.25, 0.3) is 16.7 Å². The van der Waals surface area contributed by atoms with Gasteiger partial charge < -0.3 is 4.98 Å². The van der Waals surface area contributed by atoms with Crippen molar-refractivity contribution in [1.29, 1.82) is 0 Å². The minimum absolute atomic E-state index is 0.377. The highest BCUT2D eigenvalue weighted by atomic mass is 19.1. The largest absolute Gasteiger partial charge is 0.331 e. The standard InChI is InChI=1S/C13H8F2N2O/c14-8-1-4-10(5-2-8)17-12-6-3-9(15)7-11(12)16-13(17)18/h1-7H,(H,16,18). The lowest BCUT2D eigenvalue weighted by Gasteiger charge is -2.02. The monoisotopic (exact) mass is 246 g/mol. The molecule has 0 amide bonds. The van der Waals surface area contributed by atoms with Crippen LogP contribution in [0.1, 0.15) is 0 Å². The Morgan fingerprint density at radius 3 is 2.33 bits per heavy atom. The molecule has 0 aliphatic carbocycles. The summed E-state index contributed by atoms with van der Waals surface area (Å²) in [5.41, 5.74) is 1.10. The Bertz CT molecular complexity index is 772. The number of hydrogen-bond donors (Lipinski definition) is 1. The first kappa shape index (κ1) is 10.7. The highest BCUT2D eigenvalue weighted by Crippen LogP contribution is 2.16. The molecule has 0 radical (unpaired) electrons. The lowest BCUT2D eigenvalue weighted by molar-refractivity contribution is 0.627. The summed E-state index contributed by atoms with van der Waals surface area (Å²) in [5, 5.41) is 0. The van der Waals surface area contributed by atoms with E-state index in [-0.39, 0.29) is 11.5 Å². The normalized spacial score (nSPS) is 11.0. The molecular weight excluding hydrogens is 238 g/mol. The zero-order valence-electron chi connectivity index (χ0n) is 9.15. The molecule has 3 nitrogen and oxygen atoms in total. The van der Waals surface area contributed by atoms with E-state index >= 15 is 0 Å². The lowest BCUT2D eigenvalue weighted by atomic mass is 10.2. The molecule has 1 N–H and O–H groups in total. The summed E-state index contributed by atoms with van der Waals surface area (Å²) >= 11 is 0. The van der Waals surface area contributed by atoms with Crippen molar-refractivity contribution in [3.63, 3.8) is 0 Å². The minimum Gasteiger partial charge on any atom is -0.305 e. The predicted octanol–water partition coefficient (Wildman–Crippen LogP) is 2.60. The molecule has 18 heavy (non-hydrogen) atoms. The van der Waals surface area contributed by atoms with Gasteiger partial charge in [-0.2, -0.15) is 0 Å². The number of hydrogen-bond acceptors (Lipinski definition) is 1. The van der Waals surface area contributed by atoms with Crippen molar-refractivity contribution in [2.75, 3.05) is 0 Å². The Hall–Kier alpha value is -2.43. The second-order valence-electron chi connectivity index (χ2n) is 3.90. The summed E-state index contributed by atoms with van der Waals surface area (Å²) in [4.78, 5) is 14.4. The van der Waals surface area contributed by atoms with Crippen molar-refractivity contribution >= 4 is 11.0 Å². The summed E-state index contributed by atoms with van der Waals surface area (Å²) in [7, 11) is 0. The van der Waals surface area contributed by atoms with Crippen LogP contribution in [0.3, 0.4) is 0 Å². The Balaban J connectivity index is 2.32. The molecule has 0 fully saturated rings.